The summed E-state index contributed by atoms with van der Waals surface area (Å²) in [6.45, 7) is 12.6. The van der Waals surface area contributed by atoms with E-state index in [1.54, 1.807) is 37.3 Å². The minimum absolute atomic E-state index is 0.0952. The van der Waals surface area contributed by atoms with E-state index in [1.807, 2.05) is 77.9 Å². The number of amides is 2. The van der Waals surface area contributed by atoms with Crippen molar-refractivity contribution in [3.63, 3.8) is 0 Å². The number of hydrogen-bond acceptors (Lipinski definition) is 4. The highest BCUT2D eigenvalue weighted by Crippen LogP contribution is 2.29. The molecule has 0 aromatic heterocycles. The zero-order valence-electron chi connectivity index (χ0n) is 23.9. The Labute approximate surface area is 232 Å². The minimum atomic E-state index is -4.10. The summed E-state index contributed by atoms with van der Waals surface area (Å²) in [5, 5.41) is 2.88. The fraction of sp³-hybridized carbons (Fsp3) is 0.355. The first-order valence-corrected chi connectivity index (χ1v) is 14.6. The number of nitrogens with zero attached hydrogens (tertiary/aromatic N) is 2. The highest BCUT2D eigenvalue weighted by Gasteiger charge is 2.33. The van der Waals surface area contributed by atoms with Crippen molar-refractivity contribution in [2.24, 2.45) is 0 Å². The van der Waals surface area contributed by atoms with Gasteiger partial charge in [-0.2, -0.15) is 0 Å². The number of carbonyl (C=O) groups excluding carboxylic acids is 2. The molecule has 0 aliphatic heterocycles. The molecule has 0 saturated heterocycles. The summed E-state index contributed by atoms with van der Waals surface area (Å²) in [5.74, 6) is -0.770. The molecule has 0 radical (unpaired) electrons. The van der Waals surface area contributed by atoms with Gasteiger partial charge in [-0.1, -0.05) is 54.1 Å². The van der Waals surface area contributed by atoms with E-state index in [0.29, 0.717) is 5.69 Å². The summed E-state index contributed by atoms with van der Waals surface area (Å²) in [6.07, 6.45) is 0. The molecule has 1 N–H and O–H groups in total. The lowest BCUT2D eigenvalue weighted by atomic mass is 10.1. The molecule has 0 bridgehead atoms. The summed E-state index contributed by atoms with van der Waals surface area (Å²) in [6, 6.07) is 18.8. The summed E-state index contributed by atoms with van der Waals surface area (Å²) in [5.41, 5.74) is 4.81. The van der Waals surface area contributed by atoms with Gasteiger partial charge < -0.3 is 10.2 Å². The van der Waals surface area contributed by atoms with E-state index in [-0.39, 0.29) is 23.4 Å². The maximum Gasteiger partial charge on any atom is 0.264 e. The van der Waals surface area contributed by atoms with Gasteiger partial charge in [-0.25, -0.2) is 8.42 Å². The second kappa shape index (κ2) is 12.5. The van der Waals surface area contributed by atoms with Gasteiger partial charge in [0, 0.05) is 12.6 Å². The molecule has 8 heteroatoms. The molecule has 7 nitrogen and oxygen atoms in total. The zero-order chi connectivity index (χ0) is 28.9. The SMILES string of the molecule is Cc1ccc(S(=O)(=O)N(CC(=O)N(Cc2ccccc2C)[C@H](C)C(=O)NC(C)C)c2cc(C)ccc2C)cc1. The zero-order valence-corrected chi connectivity index (χ0v) is 24.7. The molecule has 0 unspecified atom stereocenters. The van der Waals surface area contributed by atoms with Crippen molar-refractivity contribution >= 4 is 27.5 Å². The van der Waals surface area contributed by atoms with Crippen molar-refractivity contribution in [2.45, 2.75) is 72.0 Å². The molecule has 1 atom stereocenters. The average Bonchev–Trinajstić information content (AvgIpc) is 2.87. The predicted molar refractivity (Wildman–Crippen MR) is 156 cm³/mol. The highest BCUT2D eigenvalue weighted by molar-refractivity contribution is 7.92. The van der Waals surface area contributed by atoms with Crippen LogP contribution in [0.4, 0.5) is 5.69 Å². The second-order valence-electron chi connectivity index (χ2n) is 10.4. The van der Waals surface area contributed by atoms with Crippen molar-refractivity contribution in [1.29, 1.82) is 0 Å². The van der Waals surface area contributed by atoms with E-state index in [1.165, 1.54) is 9.21 Å². The first kappa shape index (κ1) is 29.9. The number of anilines is 1. The molecule has 0 saturated carbocycles. The van der Waals surface area contributed by atoms with Crippen molar-refractivity contribution in [2.75, 3.05) is 10.8 Å². The van der Waals surface area contributed by atoms with Gasteiger partial charge in [-0.3, -0.25) is 13.9 Å². The standard InChI is InChI=1S/C31H39N3O4S/c1-21(2)32-31(36)26(7)33(19-27-11-9-8-10-24(27)5)30(35)20-34(29-18-23(4)12-15-25(29)6)39(37,38)28-16-13-22(3)14-17-28/h8-18,21,26H,19-20H2,1-7H3,(H,32,36)/t26-/m1/s1. The van der Waals surface area contributed by atoms with Crippen molar-refractivity contribution in [1.82, 2.24) is 10.2 Å². The van der Waals surface area contributed by atoms with Gasteiger partial charge in [0.1, 0.15) is 12.6 Å². The van der Waals surface area contributed by atoms with E-state index in [9.17, 15) is 18.0 Å². The number of nitrogens with one attached hydrogen (secondary N) is 1. The Kier molecular flexibility index (Phi) is 9.56. The van der Waals surface area contributed by atoms with Gasteiger partial charge in [0.25, 0.3) is 10.0 Å². The summed E-state index contributed by atoms with van der Waals surface area (Å²) >= 11 is 0. The van der Waals surface area contributed by atoms with E-state index in [2.05, 4.69) is 5.32 Å². The third-order valence-corrected chi connectivity index (χ3v) is 8.50. The fourth-order valence-corrected chi connectivity index (χ4v) is 5.77. The lowest BCUT2D eigenvalue weighted by molar-refractivity contribution is -0.139. The van der Waals surface area contributed by atoms with Crippen LogP contribution in [0.5, 0.6) is 0 Å². The molecule has 0 fully saturated rings. The predicted octanol–water partition coefficient (Wildman–Crippen LogP) is 5.06. The van der Waals surface area contributed by atoms with E-state index in [0.717, 1.165) is 27.8 Å². The molecule has 0 spiro atoms. The van der Waals surface area contributed by atoms with Crippen LogP contribution in [0.25, 0.3) is 0 Å². The normalized spacial score (nSPS) is 12.2. The molecule has 3 aromatic carbocycles. The Bertz CT molecular complexity index is 1430. The van der Waals surface area contributed by atoms with Crippen LogP contribution in [-0.4, -0.2) is 43.8 Å². The van der Waals surface area contributed by atoms with Gasteiger partial charge >= 0.3 is 0 Å². The Balaban J connectivity index is 2.09. The van der Waals surface area contributed by atoms with E-state index in [4.69, 9.17) is 0 Å². The molecule has 39 heavy (non-hydrogen) atoms. The Morgan fingerprint density at radius 1 is 0.821 bits per heavy atom. The minimum Gasteiger partial charge on any atom is -0.352 e. The van der Waals surface area contributed by atoms with Gasteiger partial charge in [0.05, 0.1) is 10.6 Å². The van der Waals surface area contributed by atoms with Gasteiger partial charge in [-0.15, -0.1) is 0 Å². The molecule has 0 aliphatic rings. The first-order valence-electron chi connectivity index (χ1n) is 13.1. The first-order chi connectivity index (χ1) is 18.3. The summed E-state index contributed by atoms with van der Waals surface area (Å²) in [7, 11) is -4.10. The molecule has 0 heterocycles. The van der Waals surface area contributed by atoms with Crippen LogP contribution in [0.2, 0.25) is 0 Å². The van der Waals surface area contributed by atoms with Crippen molar-refractivity contribution in [3.8, 4) is 0 Å². The van der Waals surface area contributed by atoms with Crippen LogP contribution in [0.3, 0.4) is 0 Å². The topological polar surface area (TPSA) is 86.8 Å². The fourth-order valence-electron chi connectivity index (χ4n) is 4.30. The van der Waals surface area contributed by atoms with Crippen LogP contribution in [0.15, 0.2) is 71.6 Å². The number of benzene rings is 3. The van der Waals surface area contributed by atoms with Gasteiger partial charge in [0.15, 0.2) is 0 Å². The Morgan fingerprint density at radius 2 is 1.44 bits per heavy atom. The maximum atomic E-state index is 14.0. The van der Waals surface area contributed by atoms with Crippen LogP contribution < -0.4 is 9.62 Å². The van der Waals surface area contributed by atoms with Crippen molar-refractivity contribution < 1.29 is 18.0 Å². The monoisotopic (exact) mass is 549 g/mol. The molecule has 2 amide bonds. The third kappa shape index (κ3) is 7.26. The molecule has 3 rings (SSSR count). The third-order valence-electron chi connectivity index (χ3n) is 6.72. The van der Waals surface area contributed by atoms with Gasteiger partial charge in [-0.05, 0) is 88.9 Å². The van der Waals surface area contributed by atoms with Crippen LogP contribution in [0, 0.1) is 27.7 Å². The van der Waals surface area contributed by atoms with Crippen molar-refractivity contribution in [3.05, 3.63) is 94.5 Å². The van der Waals surface area contributed by atoms with E-state index < -0.39 is 28.5 Å². The molecule has 0 aliphatic carbocycles. The lowest BCUT2D eigenvalue weighted by Gasteiger charge is -2.33. The highest BCUT2D eigenvalue weighted by atomic mass is 32.2. The Morgan fingerprint density at radius 3 is 2.05 bits per heavy atom. The number of sulfonamides is 1. The second-order valence-corrected chi connectivity index (χ2v) is 12.3. The average molecular weight is 550 g/mol. The molecule has 3 aromatic rings. The van der Waals surface area contributed by atoms with Gasteiger partial charge in [0.2, 0.25) is 11.8 Å². The Hall–Kier alpha value is -3.65. The largest absolute Gasteiger partial charge is 0.352 e. The number of hydrogen-bond donors (Lipinski definition) is 1. The summed E-state index contributed by atoms with van der Waals surface area (Å²) in [4.78, 5) is 28.6. The van der Waals surface area contributed by atoms with Crippen LogP contribution >= 0.6 is 0 Å². The molecular weight excluding hydrogens is 510 g/mol. The number of rotatable bonds is 10. The quantitative estimate of drug-likeness (QED) is 0.383. The maximum absolute atomic E-state index is 14.0. The smallest absolute Gasteiger partial charge is 0.264 e. The number of aryl methyl sites for hydroxylation is 4. The number of carbonyl (C=O) groups is 2. The lowest BCUT2D eigenvalue weighted by Crippen LogP contribution is -2.52. The molecular formula is C31H39N3O4S. The summed E-state index contributed by atoms with van der Waals surface area (Å²) < 4.78 is 29.2. The van der Waals surface area contributed by atoms with Crippen LogP contribution in [0.1, 0.15) is 48.6 Å². The molecule has 208 valence electrons. The van der Waals surface area contributed by atoms with E-state index >= 15 is 0 Å². The van der Waals surface area contributed by atoms with Crippen LogP contribution in [-0.2, 0) is 26.2 Å².